The molecule has 0 saturated carbocycles. The average Bonchev–Trinajstić information content (AvgIpc) is 3.27. The molecule has 4 heterocycles. The summed E-state index contributed by atoms with van der Waals surface area (Å²) in [4.78, 5) is 24.8. The number of anilines is 1. The Kier molecular flexibility index (Phi) is 5.86. The zero-order valence-electron chi connectivity index (χ0n) is 19.0. The fourth-order valence-corrected chi connectivity index (χ4v) is 5.64. The molecule has 0 unspecified atom stereocenters. The maximum atomic E-state index is 15.8. The van der Waals surface area contributed by atoms with E-state index < -0.39 is 56.6 Å². The van der Waals surface area contributed by atoms with Gasteiger partial charge in [0.1, 0.15) is 24.1 Å². The molecule has 0 aliphatic carbocycles. The van der Waals surface area contributed by atoms with E-state index in [1.54, 1.807) is 0 Å². The first-order valence-corrected chi connectivity index (χ1v) is 11.6. The molecule has 36 heavy (non-hydrogen) atoms. The number of aryl methyl sites for hydroxylation is 1. The first kappa shape index (κ1) is 24.7. The molecular formula is C23H21ClF5N5O2. The fourth-order valence-electron chi connectivity index (χ4n) is 5.36. The van der Waals surface area contributed by atoms with Gasteiger partial charge in [-0.05, 0) is 44.0 Å². The van der Waals surface area contributed by atoms with Gasteiger partial charge in [0.15, 0.2) is 5.82 Å². The predicted molar refractivity (Wildman–Crippen MR) is 123 cm³/mol. The zero-order valence-corrected chi connectivity index (χ0v) is 19.7. The van der Waals surface area contributed by atoms with Gasteiger partial charge in [-0.3, -0.25) is 14.7 Å². The monoisotopic (exact) mass is 529 g/mol. The van der Waals surface area contributed by atoms with Crippen molar-refractivity contribution in [2.45, 2.75) is 44.1 Å². The number of hydrogen-bond acceptors (Lipinski definition) is 6. The molecule has 2 saturated heterocycles. The maximum Gasteiger partial charge on any atom is 0.418 e. The predicted octanol–water partition coefficient (Wildman–Crippen LogP) is 4.64. The van der Waals surface area contributed by atoms with Crippen LogP contribution in [-0.2, 0) is 6.18 Å². The summed E-state index contributed by atoms with van der Waals surface area (Å²) in [6.07, 6.45) is -4.07. The van der Waals surface area contributed by atoms with Crippen molar-refractivity contribution in [3.05, 3.63) is 44.5 Å². The topological polar surface area (TPSA) is 97.1 Å². The van der Waals surface area contributed by atoms with Gasteiger partial charge in [0.2, 0.25) is 0 Å². The lowest BCUT2D eigenvalue weighted by Crippen LogP contribution is -2.43. The number of nitrogens with two attached hydrogens (primary N) is 1. The Bertz CT molecular complexity index is 1430. The zero-order chi connectivity index (χ0) is 26.0. The number of ether oxygens (including phenoxy) is 1. The Balaban J connectivity index is 1.61. The number of rotatable bonds is 4. The standard InChI is InChI=1S/C23H21ClF5N5O2/c1-10-5-14(30)31-19(16(10)23(27,28)29)15-13(24)6-12-18(17(15)26)32-21(33-20(12)35)36-9-22-3-2-4-34(22)8-11(25)7-22/h5-6,11H,2-4,7-9H2,1H3,(H2,30,31)(H,32,33,35)/t11-,22+/m1/s1. The largest absolute Gasteiger partial charge is 0.463 e. The number of pyridine rings is 1. The minimum atomic E-state index is -4.89. The highest BCUT2D eigenvalue weighted by atomic mass is 35.5. The van der Waals surface area contributed by atoms with Gasteiger partial charge in [0, 0.05) is 13.0 Å². The van der Waals surface area contributed by atoms with E-state index in [1.807, 2.05) is 4.90 Å². The molecule has 2 aliphatic heterocycles. The van der Waals surface area contributed by atoms with Crippen LogP contribution >= 0.6 is 11.6 Å². The van der Waals surface area contributed by atoms with E-state index in [0.717, 1.165) is 25.1 Å². The third kappa shape index (κ3) is 4.05. The first-order valence-electron chi connectivity index (χ1n) is 11.2. The molecule has 1 aromatic carbocycles. The number of aromatic amines is 1. The molecule has 2 aliphatic rings. The number of nitrogens with one attached hydrogen (secondary N) is 1. The second kappa shape index (κ2) is 8.55. The summed E-state index contributed by atoms with van der Waals surface area (Å²) < 4.78 is 77.0. The molecule has 0 radical (unpaired) electrons. The van der Waals surface area contributed by atoms with Crippen LogP contribution in [0.2, 0.25) is 5.02 Å². The average molecular weight is 530 g/mol. The first-order chi connectivity index (χ1) is 16.9. The molecule has 2 atom stereocenters. The number of alkyl halides is 4. The van der Waals surface area contributed by atoms with Gasteiger partial charge >= 0.3 is 6.18 Å². The van der Waals surface area contributed by atoms with Gasteiger partial charge in [0.25, 0.3) is 11.6 Å². The molecular weight excluding hydrogens is 509 g/mol. The fraction of sp³-hybridized carbons (Fsp3) is 0.435. The number of H-pyrrole nitrogens is 1. The molecule has 0 bridgehead atoms. The van der Waals surface area contributed by atoms with Gasteiger partial charge in [0.05, 0.1) is 32.8 Å². The number of nitrogens with zero attached hydrogens (tertiary/aromatic N) is 3. The molecule has 7 nitrogen and oxygen atoms in total. The minimum Gasteiger partial charge on any atom is -0.463 e. The van der Waals surface area contributed by atoms with Crippen LogP contribution in [0.1, 0.15) is 30.4 Å². The van der Waals surface area contributed by atoms with Crippen molar-refractivity contribution in [1.82, 2.24) is 19.9 Å². The summed E-state index contributed by atoms with van der Waals surface area (Å²) in [5.41, 5.74) is 0.780. The van der Waals surface area contributed by atoms with E-state index in [1.165, 1.54) is 6.92 Å². The highest BCUT2D eigenvalue weighted by Crippen LogP contribution is 2.43. The van der Waals surface area contributed by atoms with Gasteiger partial charge in [-0.1, -0.05) is 11.6 Å². The van der Waals surface area contributed by atoms with Crippen LogP contribution < -0.4 is 16.0 Å². The summed E-state index contributed by atoms with van der Waals surface area (Å²) in [5.74, 6) is -1.54. The van der Waals surface area contributed by atoms with Gasteiger partial charge < -0.3 is 10.5 Å². The van der Waals surface area contributed by atoms with Crippen LogP contribution in [0.5, 0.6) is 6.01 Å². The lowest BCUT2D eigenvalue weighted by atomic mass is 9.95. The summed E-state index contributed by atoms with van der Waals surface area (Å²) in [6.45, 7) is 2.19. The molecule has 2 aromatic heterocycles. The number of aromatic nitrogens is 3. The lowest BCUT2D eigenvalue weighted by Gasteiger charge is -2.30. The molecule has 2 fully saturated rings. The minimum absolute atomic E-state index is 0.0120. The summed E-state index contributed by atoms with van der Waals surface area (Å²) in [7, 11) is 0. The van der Waals surface area contributed by atoms with E-state index in [0.29, 0.717) is 6.42 Å². The van der Waals surface area contributed by atoms with Crippen molar-refractivity contribution in [3.63, 3.8) is 0 Å². The van der Waals surface area contributed by atoms with Crippen LogP contribution in [0, 0.1) is 12.7 Å². The number of hydrogen-bond donors (Lipinski definition) is 2. The van der Waals surface area contributed by atoms with Crippen LogP contribution in [0.15, 0.2) is 16.9 Å². The third-order valence-electron chi connectivity index (χ3n) is 6.87. The highest BCUT2D eigenvalue weighted by molar-refractivity contribution is 6.34. The Labute approximate surface area is 206 Å². The number of benzene rings is 1. The van der Waals surface area contributed by atoms with Crippen LogP contribution in [0.4, 0.5) is 27.8 Å². The molecule has 3 N–H and O–H groups in total. The molecule has 13 heteroatoms. The van der Waals surface area contributed by atoms with E-state index in [2.05, 4.69) is 15.0 Å². The second-order valence-corrected chi connectivity index (χ2v) is 9.67. The quantitative estimate of drug-likeness (QED) is 0.478. The Morgan fingerprint density at radius 1 is 1.33 bits per heavy atom. The summed E-state index contributed by atoms with van der Waals surface area (Å²) >= 11 is 6.16. The van der Waals surface area contributed by atoms with E-state index in [9.17, 15) is 22.4 Å². The van der Waals surface area contributed by atoms with E-state index in [-0.39, 0.29) is 42.4 Å². The van der Waals surface area contributed by atoms with Crippen molar-refractivity contribution >= 4 is 28.3 Å². The summed E-state index contributed by atoms with van der Waals surface area (Å²) in [6, 6.07) is 1.70. The maximum absolute atomic E-state index is 15.8. The van der Waals surface area contributed by atoms with Crippen molar-refractivity contribution in [2.24, 2.45) is 0 Å². The smallest absolute Gasteiger partial charge is 0.418 e. The number of fused-ring (bicyclic) bond motifs is 2. The Hall–Kier alpha value is -2.99. The Morgan fingerprint density at radius 2 is 2.08 bits per heavy atom. The number of halogens is 6. The van der Waals surface area contributed by atoms with Gasteiger partial charge in [-0.15, -0.1) is 0 Å². The van der Waals surface area contributed by atoms with Crippen molar-refractivity contribution in [1.29, 1.82) is 0 Å². The van der Waals surface area contributed by atoms with Crippen molar-refractivity contribution in [3.8, 4) is 17.3 Å². The normalized spacial score (nSPS) is 22.4. The van der Waals surface area contributed by atoms with E-state index >= 15 is 4.39 Å². The van der Waals surface area contributed by atoms with Crippen LogP contribution in [-0.4, -0.2) is 51.3 Å². The van der Waals surface area contributed by atoms with Crippen molar-refractivity contribution in [2.75, 3.05) is 25.4 Å². The van der Waals surface area contributed by atoms with Crippen LogP contribution in [0.25, 0.3) is 22.2 Å². The third-order valence-corrected chi connectivity index (χ3v) is 7.16. The number of nitrogen functional groups attached to an aromatic ring is 1. The SMILES string of the molecule is Cc1cc(N)nc(-c2c(Cl)cc3c(=O)[nH]c(OC[C@@]45CCCN4C[C@H](F)C5)nc3c2F)c1C(F)(F)F. The molecule has 192 valence electrons. The van der Waals surface area contributed by atoms with E-state index in [4.69, 9.17) is 22.1 Å². The second-order valence-electron chi connectivity index (χ2n) is 9.26. The van der Waals surface area contributed by atoms with Crippen LogP contribution in [0.3, 0.4) is 0 Å². The molecule has 3 aromatic rings. The molecule has 0 amide bonds. The lowest BCUT2D eigenvalue weighted by molar-refractivity contribution is -0.137. The molecule has 5 rings (SSSR count). The van der Waals surface area contributed by atoms with Crippen molar-refractivity contribution < 1.29 is 26.7 Å². The Morgan fingerprint density at radius 3 is 2.81 bits per heavy atom. The summed E-state index contributed by atoms with van der Waals surface area (Å²) in [5, 5.41) is -0.752. The highest BCUT2D eigenvalue weighted by Gasteiger charge is 2.49. The molecule has 0 spiro atoms. The van der Waals surface area contributed by atoms with Gasteiger partial charge in [-0.2, -0.15) is 18.2 Å². The van der Waals surface area contributed by atoms with Gasteiger partial charge in [-0.25, -0.2) is 13.8 Å².